The predicted molar refractivity (Wildman–Crippen MR) is 34.9 cm³/mol. The molecular weight excluding hydrogens is 122 g/mol. The molecule has 0 radical (unpaired) electrons. The van der Waals surface area contributed by atoms with Crippen LogP contribution >= 0.6 is 11.8 Å². The van der Waals surface area contributed by atoms with E-state index in [-0.39, 0.29) is 11.8 Å². The Labute approximate surface area is 52.8 Å². The Kier molecular flexibility index (Phi) is 1.91. The van der Waals surface area contributed by atoms with Crippen LogP contribution in [-0.4, -0.2) is 23.3 Å². The molecule has 3 heteroatoms. The Morgan fingerprint density at radius 3 is 2.88 bits per heavy atom. The van der Waals surface area contributed by atoms with Gasteiger partial charge in [-0.3, -0.25) is 4.79 Å². The summed E-state index contributed by atoms with van der Waals surface area (Å²) in [5.41, 5.74) is 5.41. The maximum atomic E-state index is 10.7. The summed E-state index contributed by atoms with van der Waals surface area (Å²) in [6, 6.07) is -0.172. The highest BCUT2D eigenvalue weighted by molar-refractivity contribution is 7.99. The van der Waals surface area contributed by atoms with Gasteiger partial charge in [-0.1, -0.05) is 0 Å². The van der Waals surface area contributed by atoms with Gasteiger partial charge in [-0.05, 0) is 0 Å². The minimum Gasteiger partial charge on any atom is -0.321 e. The zero-order valence-corrected chi connectivity index (χ0v) is 5.41. The number of hydrogen-bond donors (Lipinski definition) is 1. The molecule has 0 aromatic heterocycles. The molecule has 2 N–H and O–H groups in total. The Hall–Kier alpha value is -0.0200. The van der Waals surface area contributed by atoms with E-state index in [4.69, 9.17) is 5.73 Å². The molecule has 0 spiro atoms. The summed E-state index contributed by atoms with van der Waals surface area (Å²) < 4.78 is 0. The first kappa shape index (κ1) is 6.11. The van der Waals surface area contributed by atoms with Gasteiger partial charge in [-0.25, -0.2) is 0 Å². The van der Waals surface area contributed by atoms with E-state index in [2.05, 4.69) is 0 Å². The largest absolute Gasteiger partial charge is 0.321 e. The van der Waals surface area contributed by atoms with Gasteiger partial charge < -0.3 is 5.73 Å². The summed E-state index contributed by atoms with van der Waals surface area (Å²) in [6.45, 7) is 0. The van der Waals surface area contributed by atoms with Crippen LogP contribution in [0.25, 0.3) is 0 Å². The number of Topliss-reactive ketones (excluding diaryl/α,β-unsaturated/α-hetero) is 1. The number of thioether (sulfide) groups is 1. The molecule has 2 nitrogen and oxygen atoms in total. The fourth-order valence-corrected chi connectivity index (χ4v) is 1.61. The Bertz CT molecular complexity index is 105. The lowest BCUT2D eigenvalue weighted by Crippen LogP contribution is -2.36. The molecule has 1 unspecified atom stereocenters. The van der Waals surface area contributed by atoms with E-state index >= 15 is 0 Å². The molecule has 1 rings (SSSR count). The van der Waals surface area contributed by atoms with E-state index in [1.54, 1.807) is 11.8 Å². The molecule has 8 heavy (non-hydrogen) atoms. The highest BCUT2D eigenvalue weighted by Gasteiger charge is 2.17. The summed E-state index contributed by atoms with van der Waals surface area (Å²) >= 11 is 1.76. The van der Waals surface area contributed by atoms with Gasteiger partial charge in [-0.2, -0.15) is 11.8 Å². The smallest absolute Gasteiger partial charge is 0.151 e. The standard InChI is InChI=1S/C5H9NOS/c6-4-3-8-2-1-5(4)7/h4H,1-3,6H2. The van der Waals surface area contributed by atoms with Gasteiger partial charge in [0.2, 0.25) is 0 Å². The second-order valence-corrected chi connectivity index (χ2v) is 3.05. The second kappa shape index (κ2) is 2.51. The van der Waals surface area contributed by atoms with Gasteiger partial charge in [0.25, 0.3) is 0 Å². The monoisotopic (exact) mass is 131 g/mol. The molecular formula is C5H9NOS. The highest BCUT2D eigenvalue weighted by atomic mass is 32.2. The third-order valence-electron chi connectivity index (χ3n) is 1.20. The molecule has 0 amide bonds. The highest BCUT2D eigenvalue weighted by Crippen LogP contribution is 2.11. The first-order valence-corrected chi connectivity index (χ1v) is 3.82. The van der Waals surface area contributed by atoms with Crippen molar-refractivity contribution >= 4 is 17.5 Å². The van der Waals surface area contributed by atoms with Crippen LogP contribution in [-0.2, 0) is 4.79 Å². The molecule has 46 valence electrons. The predicted octanol–water partition coefficient (Wildman–Crippen LogP) is 0.0197. The van der Waals surface area contributed by atoms with Crippen LogP contribution < -0.4 is 5.73 Å². The summed E-state index contributed by atoms with van der Waals surface area (Å²) in [5, 5.41) is 0. The minimum atomic E-state index is -0.172. The van der Waals surface area contributed by atoms with Crippen LogP contribution in [0.2, 0.25) is 0 Å². The van der Waals surface area contributed by atoms with Crippen molar-refractivity contribution in [3.05, 3.63) is 0 Å². The number of rotatable bonds is 0. The lowest BCUT2D eigenvalue weighted by atomic mass is 10.2. The number of nitrogens with two attached hydrogens (primary N) is 1. The van der Waals surface area contributed by atoms with Gasteiger partial charge in [0.05, 0.1) is 6.04 Å². The molecule has 1 atom stereocenters. The van der Waals surface area contributed by atoms with Crippen molar-refractivity contribution in [2.45, 2.75) is 12.5 Å². The van der Waals surface area contributed by atoms with Crippen LogP contribution in [0.4, 0.5) is 0 Å². The van der Waals surface area contributed by atoms with Crippen molar-refractivity contribution in [3.63, 3.8) is 0 Å². The first-order valence-electron chi connectivity index (χ1n) is 2.67. The molecule has 1 aliphatic heterocycles. The minimum absolute atomic E-state index is 0.172. The van der Waals surface area contributed by atoms with Crippen molar-refractivity contribution < 1.29 is 4.79 Å². The SMILES string of the molecule is NC1CSCCC1=O. The van der Waals surface area contributed by atoms with Crippen molar-refractivity contribution in [2.75, 3.05) is 11.5 Å². The molecule has 0 bridgehead atoms. The summed E-state index contributed by atoms with van der Waals surface area (Å²) in [5.74, 6) is 2.01. The molecule has 1 heterocycles. The number of carbonyl (C=O) groups excluding carboxylic acids is 1. The van der Waals surface area contributed by atoms with E-state index in [9.17, 15) is 4.79 Å². The molecule has 1 aliphatic rings. The quantitative estimate of drug-likeness (QED) is 0.504. The van der Waals surface area contributed by atoms with Crippen molar-refractivity contribution in [1.29, 1.82) is 0 Å². The Balaban J connectivity index is 2.39. The Morgan fingerprint density at radius 1 is 1.75 bits per heavy atom. The van der Waals surface area contributed by atoms with E-state index in [0.717, 1.165) is 11.5 Å². The van der Waals surface area contributed by atoms with Crippen LogP contribution in [0.15, 0.2) is 0 Å². The summed E-state index contributed by atoms with van der Waals surface area (Å²) in [7, 11) is 0. The van der Waals surface area contributed by atoms with Crippen LogP contribution in [0, 0.1) is 0 Å². The molecule has 0 aromatic rings. The molecule has 0 aromatic carbocycles. The molecule has 1 fully saturated rings. The fourth-order valence-electron chi connectivity index (χ4n) is 0.661. The maximum Gasteiger partial charge on any atom is 0.151 e. The van der Waals surface area contributed by atoms with Gasteiger partial charge >= 0.3 is 0 Å². The number of carbonyl (C=O) groups is 1. The zero-order valence-electron chi connectivity index (χ0n) is 4.59. The maximum absolute atomic E-state index is 10.7. The van der Waals surface area contributed by atoms with Crippen LogP contribution in [0.3, 0.4) is 0 Å². The van der Waals surface area contributed by atoms with Crippen molar-refractivity contribution in [2.24, 2.45) is 5.73 Å². The first-order chi connectivity index (χ1) is 3.80. The zero-order chi connectivity index (χ0) is 5.98. The normalized spacial score (nSPS) is 30.6. The summed E-state index contributed by atoms with van der Waals surface area (Å²) in [6.07, 6.45) is 0.672. The molecule has 1 saturated heterocycles. The van der Waals surface area contributed by atoms with E-state index in [1.807, 2.05) is 0 Å². The van der Waals surface area contributed by atoms with Crippen LogP contribution in [0.5, 0.6) is 0 Å². The number of ketones is 1. The van der Waals surface area contributed by atoms with E-state index < -0.39 is 0 Å². The third-order valence-corrected chi connectivity index (χ3v) is 2.29. The Morgan fingerprint density at radius 2 is 2.50 bits per heavy atom. The topological polar surface area (TPSA) is 43.1 Å². The molecule has 0 aliphatic carbocycles. The lowest BCUT2D eigenvalue weighted by molar-refractivity contribution is -0.119. The van der Waals surface area contributed by atoms with Gasteiger partial charge in [0.15, 0.2) is 5.78 Å². The average molecular weight is 131 g/mol. The van der Waals surface area contributed by atoms with Gasteiger partial charge in [-0.15, -0.1) is 0 Å². The van der Waals surface area contributed by atoms with Crippen molar-refractivity contribution in [3.8, 4) is 0 Å². The summed E-state index contributed by atoms with van der Waals surface area (Å²) in [4.78, 5) is 10.7. The average Bonchev–Trinajstić information content (AvgIpc) is 1.77. The van der Waals surface area contributed by atoms with Gasteiger partial charge in [0, 0.05) is 17.9 Å². The van der Waals surface area contributed by atoms with Gasteiger partial charge in [0.1, 0.15) is 0 Å². The third kappa shape index (κ3) is 1.23. The number of hydrogen-bond acceptors (Lipinski definition) is 3. The second-order valence-electron chi connectivity index (χ2n) is 1.90. The van der Waals surface area contributed by atoms with Crippen molar-refractivity contribution in [1.82, 2.24) is 0 Å². The lowest BCUT2D eigenvalue weighted by Gasteiger charge is -2.14. The molecule has 0 saturated carbocycles. The van der Waals surface area contributed by atoms with Crippen LogP contribution in [0.1, 0.15) is 6.42 Å². The van der Waals surface area contributed by atoms with E-state index in [0.29, 0.717) is 6.42 Å². The fraction of sp³-hybridized carbons (Fsp3) is 0.800. The van der Waals surface area contributed by atoms with E-state index in [1.165, 1.54) is 0 Å².